The molecule has 2 aromatic carbocycles. The number of hydrogen-bond acceptors (Lipinski definition) is 1. The average Bonchev–Trinajstić information content (AvgIpc) is 2.26. The molecule has 1 aliphatic heterocycles. The van der Waals surface area contributed by atoms with Crippen molar-refractivity contribution in [1.29, 1.82) is 0 Å². The largest absolute Gasteiger partial charge is 0.457 e. The Labute approximate surface area is 120 Å². The molecule has 0 aromatic heterocycles. The third kappa shape index (κ3) is 2.06. The summed E-state index contributed by atoms with van der Waals surface area (Å²) in [7, 11) is 0. The average molecular weight is 341 g/mol. The van der Waals surface area contributed by atoms with Gasteiger partial charge in [0.15, 0.2) is 0 Å². The summed E-state index contributed by atoms with van der Waals surface area (Å²) in [5.41, 5.74) is 2.54. The minimum absolute atomic E-state index is 0. The maximum Gasteiger partial charge on any atom is 0.130 e. The van der Waals surface area contributed by atoms with Crippen LogP contribution in [0.1, 0.15) is 11.1 Å². The molecular formula is C13H10OTb. The van der Waals surface area contributed by atoms with E-state index in [4.69, 9.17) is 4.74 Å². The van der Waals surface area contributed by atoms with Gasteiger partial charge in [-0.15, -0.1) is 0 Å². The van der Waals surface area contributed by atoms with Gasteiger partial charge in [0, 0.05) is 45.0 Å². The molecule has 2 heteroatoms. The van der Waals surface area contributed by atoms with Crippen LogP contribution < -0.4 is 4.74 Å². The van der Waals surface area contributed by atoms with Gasteiger partial charge in [-0.25, -0.2) is 0 Å². The number of para-hydroxylation sites is 2. The number of rotatable bonds is 0. The van der Waals surface area contributed by atoms with Gasteiger partial charge in [-0.2, -0.15) is 0 Å². The van der Waals surface area contributed by atoms with Gasteiger partial charge in [0.1, 0.15) is 11.5 Å². The summed E-state index contributed by atoms with van der Waals surface area (Å²) < 4.78 is 5.78. The molecule has 0 aliphatic carbocycles. The Bertz CT molecular complexity index is 392. The maximum atomic E-state index is 5.78. The number of fused-ring (bicyclic) bond motifs is 2. The van der Waals surface area contributed by atoms with Gasteiger partial charge in [-0.05, 0) is 23.3 Å². The maximum absolute atomic E-state index is 5.78. The van der Waals surface area contributed by atoms with E-state index in [0.717, 1.165) is 17.9 Å². The summed E-state index contributed by atoms with van der Waals surface area (Å²) in [6.45, 7) is 0. The predicted octanol–water partition coefficient (Wildman–Crippen LogP) is 3.38. The van der Waals surface area contributed by atoms with E-state index < -0.39 is 0 Å². The van der Waals surface area contributed by atoms with Crippen molar-refractivity contribution in [2.24, 2.45) is 0 Å². The minimum atomic E-state index is 0. The topological polar surface area (TPSA) is 9.23 Å². The van der Waals surface area contributed by atoms with E-state index in [1.54, 1.807) is 0 Å². The SMILES string of the molecule is [Tb].c1ccc2c(c1)Cc1ccccc1O2. The zero-order chi connectivity index (χ0) is 9.38. The summed E-state index contributed by atoms with van der Waals surface area (Å²) in [4.78, 5) is 0. The fraction of sp³-hybridized carbons (Fsp3) is 0.0769. The first-order valence-corrected chi connectivity index (χ1v) is 4.77. The van der Waals surface area contributed by atoms with Crippen LogP contribution in [0, 0.1) is 38.6 Å². The molecule has 0 fully saturated rings. The van der Waals surface area contributed by atoms with E-state index in [9.17, 15) is 0 Å². The Balaban J connectivity index is 0.000000853. The second kappa shape index (κ2) is 4.58. The molecule has 0 unspecified atom stereocenters. The number of hydrogen-bond donors (Lipinski definition) is 0. The molecule has 0 saturated heterocycles. The summed E-state index contributed by atoms with van der Waals surface area (Å²) in [6, 6.07) is 16.4. The molecule has 77 valence electrons. The van der Waals surface area contributed by atoms with Gasteiger partial charge >= 0.3 is 0 Å². The molecule has 1 aliphatic rings. The van der Waals surface area contributed by atoms with Crippen LogP contribution >= 0.6 is 0 Å². The van der Waals surface area contributed by atoms with Crippen LogP contribution in [-0.4, -0.2) is 0 Å². The van der Waals surface area contributed by atoms with E-state index >= 15 is 0 Å². The second-order valence-corrected chi connectivity index (χ2v) is 3.49. The Kier molecular flexibility index (Phi) is 3.37. The van der Waals surface area contributed by atoms with E-state index in [2.05, 4.69) is 24.3 Å². The normalized spacial score (nSPS) is 11.7. The Morgan fingerprint density at radius 3 is 1.73 bits per heavy atom. The van der Waals surface area contributed by atoms with Gasteiger partial charge in [0.25, 0.3) is 0 Å². The Morgan fingerprint density at radius 1 is 0.733 bits per heavy atom. The fourth-order valence-electron chi connectivity index (χ4n) is 1.82. The minimum Gasteiger partial charge on any atom is -0.457 e. The monoisotopic (exact) mass is 341 g/mol. The van der Waals surface area contributed by atoms with Crippen molar-refractivity contribution in [2.45, 2.75) is 6.42 Å². The first-order chi connectivity index (χ1) is 6.93. The second-order valence-electron chi connectivity index (χ2n) is 3.49. The third-order valence-electron chi connectivity index (χ3n) is 2.55. The molecule has 0 saturated carbocycles. The van der Waals surface area contributed by atoms with Crippen LogP contribution in [0.5, 0.6) is 11.5 Å². The first kappa shape index (κ1) is 11.0. The molecule has 2 aromatic rings. The van der Waals surface area contributed by atoms with Crippen molar-refractivity contribution in [3.63, 3.8) is 0 Å². The van der Waals surface area contributed by atoms with Crippen molar-refractivity contribution in [3.05, 3.63) is 59.7 Å². The number of ether oxygens (including phenoxy) is 1. The van der Waals surface area contributed by atoms with E-state index in [1.807, 2.05) is 24.3 Å². The van der Waals surface area contributed by atoms with E-state index in [0.29, 0.717) is 0 Å². The van der Waals surface area contributed by atoms with Gasteiger partial charge in [-0.1, -0.05) is 36.4 Å². The van der Waals surface area contributed by atoms with Crippen LogP contribution in [0.25, 0.3) is 0 Å². The Hall–Kier alpha value is -0.474. The van der Waals surface area contributed by atoms with Gasteiger partial charge in [0.2, 0.25) is 0 Å². The fourth-order valence-corrected chi connectivity index (χ4v) is 1.82. The molecule has 15 heavy (non-hydrogen) atoms. The molecular weight excluding hydrogens is 331 g/mol. The molecule has 0 spiro atoms. The molecule has 0 N–H and O–H groups in total. The van der Waals surface area contributed by atoms with Crippen molar-refractivity contribution in [3.8, 4) is 11.5 Å². The van der Waals surface area contributed by atoms with Crippen LogP contribution in [-0.2, 0) is 6.42 Å². The van der Waals surface area contributed by atoms with Crippen molar-refractivity contribution >= 4 is 0 Å². The van der Waals surface area contributed by atoms with Crippen molar-refractivity contribution in [2.75, 3.05) is 0 Å². The molecule has 1 nitrogen and oxygen atoms in total. The van der Waals surface area contributed by atoms with E-state index in [-0.39, 0.29) is 38.6 Å². The zero-order valence-corrected chi connectivity index (χ0v) is 10.2. The molecule has 0 bridgehead atoms. The smallest absolute Gasteiger partial charge is 0.130 e. The standard InChI is InChI=1S/C13H10O.Tb/c1-3-7-12-10(5-1)9-11-6-2-4-8-13(11)14-12;/h1-8H,9H2;. The van der Waals surface area contributed by atoms with Gasteiger partial charge < -0.3 is 4.74 Å². The molecule has 1 heterocycles. The quantitative estimate of drug-likeness (QED) is 0.609. The van der Waals surface area contributed by atoms with E-state index in [1.165, 1.54) is 11.1 Å². The van der Waals surface area contributed by atoms with Crippen LogP contribution in [0.15, 0.2) is 48.5 Å². The third-order valence-corrected chi connectivity index (χ3v) is 2.55. The van der Waals surface area contributed by atoms with Crippen molar-refractivity contribution < 1.29 is 43.3 Å². The summed E-state index contributed by atoms with van der Waals surface area (Å²) in [6.07, 6.45) is 0.979. The Morgan fingerprint density at radius 2 is 1.20 bits per heavy atom. The van der Waals surface area contributed by atoms with Crippen LogP contribution in [0.3, 0.4) is 0 Å². The summed E-state index contributed by atoms with van der Waals surface area (Å²) >= 11 is 0. The molecule has 1 radical (unpaired) electrons. The summed E-state index contributed by atoms with van der Waals surface area (Å²) in [5, 5.41) is 0. The predicted molar refractivity (Wildman–Crippen MR) is 55.8 cm³/mol. The van der Waals surface area contributed by atoms with Crippen molar-refractivity contribution in [1.82, 2.24) is 0 Å². The van der Waals surface area contributed by atoms with Gasteiger partial charge in [-0.3, -0.25) is 0 Å². The van der Waals surface area contributed by atoms with Gasteiger partial charge in [0.05, 0.1) is 0 Å². The van der Waals surface area contributed by atoms with Crippen LogP contribution in [0.2, 0.25) is 0 Å². The first-order valence-electron chi connectivity index (χ1n) is 4.77. The number of benzene rings is 2. The summed E-state index contributed by atoms with van der Waals surface area (Å²) in [5.74, 6) is 1.98. The molecule has 3 rings (SSSR count). The zero-order valence-electron chi connectivity index (χ0n) is 8.07. The molecule has 0 atom stereocenters. The van der Waals surface area contributed by atoms with Crippen LogP contribution in [0.4, 0.5) is 0 Å². The molecule has 0 amide bonds.